The van der Waals surface area contributed by atoms with Gasteiger partial charge in [-0.25, -0.2) is 9.37 Å². The first-order valence-electron chi connectivity index (χ1n) is 6.64. The van der Waals surface area contributed by atoms with E-state index in [1.165, 1.54) is 12.1 Å². The number of halogens is 4. The highest BCUT2D eigenvalue weighted by atomic mass is 32.2. The van der Waals surface area contributed by atoms with Crippen LogP contribution in [0.2, 0.25) is 0 Å². The smallest absolute Gasteiger partial charge is 0.250 e. The summed E-state index contributed by atoms with van der Waals surface area (Å²) in [6, 6.07) is 6.38. The molecule has 0 radical (unpaired) electrons. The zero-order valence-electron chi connectivity index (χ0n) is 12.1. The van der Waals surface area contributed by atoms with Crippen molar-refractivity contribution in [1.82, 2.24) is 19.2 Å². The zero-order valence-corrected chi connectivity index (χ0v) is 13.0. The molecule has 25 heavy (non-hydrogen) atoms. The molecular weight excluding hydrogens is 364 g/mol. The lowest BCUT2D eigenvalue weighted by molar-refractivity contribution is -0.141. The number of benzene rings is 1. The van der Waals surface area contributed by atoms with Crippen molar-refractivity contribution < 1.29 is 26.0 Å². The fourth-order valence-electron chi connectivity index (χ4n) is 1.90. The first-order chi connectivity index (χ1) is 11.7. The van der Waals surface area contributed by atoms with E-state index in [1.807, 2.05) is 0 Å². The quantitative estimate of drug-likeness (QED) is 0.661. The number of hydrogen-bond acceptors (Lipinski definition) is 5. The minimum Gasteiger partial charge on any atom is -0.250 e. The Kier molecular flexibility index (Phi) is 4.03. The minimum atomic E-state index is -4.68. The molecule has 0 atom stereocenters. The molecule has 3 rings (SSSR count). The van der Waals surface area contributed by atoms with Crippen molar-refractivity contribution in [1.29, 1.82) is 0 Å². The molecule has 3 aromatic rings. The lowest BCUT2D eigenvalue weighted by atomic mass is 10.2. The van der Waals surface area contributed by atoms with Crippen LogP contribution in [0.5, 0.6) is 0 Å². The molecule has 1 aromatic carbocycles. The van der Waals surface area contributed by atoms with Gasteiger partial charge in [0.2, 0.25) is 0 Å². The molecule has 0 amide bonds. The van der Waals surface area contributed by atoms with Crippen molar-refractivity contribution in [3.05, 3.63) is 60.4 Å². The molecule has 0 fully saturated rings. The van der Waals surface area contributed by atoms with E-state index in [4.69, 9.17) is 0 Å². The molecule has 0 aliphatic heterocycles. The highest BCUT2D eigenvalue weighted by molar-refractivity contribution is 7.89. The van der Waals surface area contributed by atoms with Crippen molar-refractivity contribution in [2.45, 2.75) is 11.1 Å². The van der Waals surface area contributed by atoms with Gasteiger partial charge in [0.25, 0.3) is 10.0 Å². The summed E-state index contributed by atoms with van der Waals surface area (Å²) in [4.78, 5) is 6.45. The van der Waals surface area contributed by atoms with E-state index in [0.717, 1.165) is 24.5 Å². The molecule has 0 bridgehead atoms. The van der Waals surface area contributed by atoms with Crippen LogP contribution in [-0.2, 0) is 16.2 Å². The largest absolute Gasteiger partial charge is 0.433 e. The van der Waals surface area contributed by atoms with Crippen LogP contribution in [-0.4, -0.2) is 27.6 Å². The third-order valence-corrected chi connectivity index (χ3v) is 4.65. The van der Waals surface area contributed by atoms with Gasteiger partial charge in [-0.1, -0.05) is 0 Å². The van der Waals surface area contributed by atoms with Crippen LogP contribution in [0.15, 0.2) is 53.8 Å². The summed E-state index contributed by atoms with van der Waals surface area (Å²) in [7, 11) is -4.26. The van der Waals surface area contributed by atoms with Gasteiger partial charge in [-0.15, -0.1) is 9.19 Å². The van der Waals surface area contributed by atoms with Gasteiger partial charge < -0.3 is 0 Å². The maximum Gasteiger partial charge on any atom is 0.433 e. The molecule has 11 heteroatoms. The summed E-state index contributed by atoms with van der Waals surface area (Å²) in [6.45, 7) is 0. The predicted octanol–water partition coefficient (Wildman–Crippen LogP) is 2.74. The molecule has 2 aromatic heterocycles. The molecule has 0 saturated carbocycles. The molecule has 2 heterocycles. The molecule has 6 nitrogen and oxygen atoms in total. The van der Waals surface area contributed by atoms with Crippen LogP contribution in [0.25, 0.3) is 11.4 Å². The Balaban J connectivity index is 1.94. The van der Waals surface area contributed by atoms with Gasteiger partial charge in [-0.3, -0.25) is 4.98 Å². The van der Waals surface area contributed by atoms with Gasteiger partial charge in [0.1, 0.15) is 22.7 Å². The molecule has 0 N–H and O–H groups in total. The standard InChI is InChI=1S/C14H8F4N4O2S/c15-10-3-1-9(2-4-10)13-20-8-22(21-13)25(23,24)11-5-6-12(19-7-11)14(16,17)18/h1-8H. The van der Waals surface area contributed by atoms with Crippen molar-refractivity contribution in [2.75, 3.05) is 0 Å². The molecule has 0 saturated heterocycles. The number of pyridine rings is 1. The number of alkyl halides is 3. The Morgan fingerprint density at radius 3 is 2.20 bits per heavy atom. The van der Waals surface area contributed by atoms with Crippen molar-refractivity contribution in [2.24, 2.45) is 0 Å². The van der Waals surface area contributed by atoms with Gasteiger partial charge in [0.05, 0.1) is 0 Å². The third kappa shape index (κ3) is 3.36. The first kappa shape index (κ1) is 17.0. The Hall–Kier alpha value is -2.82. The lowest BCUT2D eigenvalue weighted by Crippen LogP contribution is -2.15. The van der Waals surface area contributed by atoms with E-state index in [9.17, 15) is 26.0 Å². The van der Waals surface area contributed by atoms with Gasteiger partial charge >= 0.3 is 6.18 Å². The summed E-state index contributed by atoms with van der Waals surface area (Å²) < 4.78 is 75.6. The molecule has 0 aliphatic rings. The maximum absolute atomic E-state index is 12.9. The summed E-state index contributed by atoms with van der Waals surface area (Å²) in [5, 5.41) is 3.77. The van der Waals surface area contributed by atoms with Gasteiger partial charge in [-0.05, 0) is 36.4 Å². The Morgan fingerprint density at radius 2 is 1.64 bits per heavy atom. The molecular formula is C14H8F4N4O2S. The van der Waals surface area contributed by atoms with Gasteiger partial charge in [-0.2, -0.15) is 21.6 Å². The first-order valence-corrected chi connectivity index (χ1v) is 8.08. The Morgan fingerprint density at radius 1 is 0.960 bits per heavy atom. The van der Waals surface area contributed by atoms with Crippen LogP contribution < -0.4 is 0 Å². The summed E-state index contributed by atoms with van der Waals surface area (Å²) in [5.41, 5.74) is -0.835. The van der Waals surface area contributed by atoms with Crippen molar-refractivity contribution >= 4 is 10.0 Å². The van der Waals surface area contributed by atoms with Crippen LogP contribution in [0, 0.1) is 5.82 Å². The van der Waals surface area contributed by atoms with Crippen molar-refractivity contribution in [3.63, 3.8) is 0 Å². The van der Waals surface area contributed by atoms with Crippen molar-refractivity contribution in [3.8, 4) is 11.4 Å². The average Bonchev–Trinajstić information content (AvgIpc) is 3.05. The fourth-order valence-corrected chi connectivity index (χ4v) is 2.90. The highest BCUT2D eigenvalue weighted by Gasteiger charge is 2.33. The van der Waals surface area contributed by atoms with E-state index in [2.05, 4.69) is 15.1 Å². The fraction of sp³-hybridized carbons (Fsp3) is 0.0714. The number of aromatic nitrogens is 4. The predicted molar refractivity (Wildman–Crippen MR) is 77.2 cm³/mol. The van der Waals surface area contributed by atoms with Crippen LogP contribution >= 0.6 is 0 Å². The topological polar surface area (TPSA) is 77.7 Å². The molecule has 0 unspecified atom stereocenters. The Bertz CT molecular complexity index is 997. The maximum atomic E-state index is 12.9. The number of hydrogen-bond donors (Lipinski definition) is 0. The second kappa shape index (κ2) is 5.92. The monoisotopic (exact) mass is 372 g/mol. The summed E-state index contributed by atoms with van der Waals surface area (Å²) >= 11 is 0. The van der Waals surface area contributed by atoms with E-state index in [1.54, 1.807) is 0 Å². The Labute approximate surface area is 138 Å². The SMILES string of the molecule is O=S(=O)(c1ccc(C(F)(F)F)nc1)n1cnc(-c2ccc(F)cc2)n1. The second-order valence-electron chi connectivity index (χ2n) is 4.83. The number of rotatable bonds is 3. The summed E-state index contributed by atoms with van der Waals surface area (Å²) in [5.74, 6) is -0.463. The molecule has 0 spiro atoms. The van der Waals surface area contributed by atoms with E-state index in [0.29, 0.717) is 21.9 Å². The number of nitrogens with zero attached hydrogens (tertiary/aromatic N) is 4. The second-order valence-corrected chi connectivity index (χ2v) is 6.63. The van der Waals surface area contributed by atoms with Crippen LogP contribution in [0.4, 0.5) is 17.6 Å². The molecule has 0 aliphatic carbocycles. The van der Waals surface area contributed by atoms with Crippen LogP contribution in [0.1, 0.15) is 5.69 Å². The van der Waals surface area contributed by atoms with Gasteiger partial charge in [0.15, 0.2) is 5.82 Å². The van der Waals surface area contributed by atoms with Gasteiger partial charge in [0, 0.05) is 11.8 Å². The molecule has 130 valence electrons. The minimum absolute atomic E-state index is 0.0171. The van der Waals surface area contributed by atoms with E-state index >= 15 is 0 Å². The normalized spacial score (nSPS) is 12.3. The third-order valence-electron chi connectivity index (χ3n) is 3.15. The highest BCUT2D eigenvalue weighted by Crippen LogP contribution is 2.28. The average molecular weight is 372 g/mol. The summed E-state index contributed by atoms with van der Waals surface area (Å²) in [6.07, 6.45) is -3.19. The zero-order chi connectivity index (χ0) is 18.2. The lowest BCUT2D eigenvalue weighted by Gasteiger charge is -2.07. The van der Waals surface area contributed by atoms with E-state index < -0.39 is 32.6 Å². The van der Waals surface area contributed by atoms with Crippen LogP contribution in [0.3, 0.4) is 0 Å². The van der Waals surface area contributed by atoms with E-state index in [-0.39, 0.29) is 5.82 Å².